The zero-order valence-electron chi connectivity index (χ0n) is 14.5. The van der Waals surface area contributed by atoms with Gasteiger partial charge in [0.15, 0.2) is 5.82 Å². The van der Waals surface area contributed by atoms with E-state index in [0.717, 1.165) is 44.1 Å². The van der Waals surface area contributed by atoms with E-state index in [2.05, 4.69) is 60.1 Å². The first kappa shape index (κ1) is 16.2. The average Bonchev–Trinajstić information content (AvgIpc) is 3.13. The summed E-state index contributed by atoms with van der Waals surface area (Å²) in [4.78, 5) is 7.01. The molecule has 2 aromatic rings. The summed E-state index contributed by atoms with van der Waals surface area (Å²) in [6, 6.07) is 9.29. The van der Waals surface area contributed by atoms with Crippen molar-refractivity contribution in [3.05, 3.63) is 47.1 Å². The number of unbranched alkanes of at least 4 members (excludes halogenated alkanes) is 1. The van der Waals surface area contributed by atoms with Gasteiger partial charge in [-0.15, -0.1) is 0 Å². The molecule has 124 valence electrons. The number of aryl methyl sites for hydroxylation is 2. The molecule has 0 N–H and O–H groups in total. The van der Waals surface area contributed by atoms with Gasteiger partial charge in [0, 0.05) is 19.0 Å². The maximum absolute atomic E-state index is 5.43. The normalized spacial score (nSPS) is 21.9. The molecule has 0 saturated carbocycles. The Hall–Kier alpha value is -1.68. The number of rotatable bonds is 6. The van der Waals surface area contributed by atoms with Crippen LogP contribution in [-0.2, 0) is 13.0 Å². The minimum absolute atomic E-state index is 0.547. The molecule has 2 heterocycles. The van der Waals surface area contributed by atoms with Gasteiger partial charge in [0.2, 0.25) is 5.89 Å². The van der Waals surface area contributed by atoms with Gasteiger partial charge in [-0.25, -0.2) is 0 Å². The highest BCUT2D eigenvalue weighted by Gasteiger charge is 2.31. The summed E-state index contributed by atoms with van der Waals surface area (Å²) in [6.45, 7) is 8.52. The predicted octanol–water partition coefficient (Wildman–Crippen LogP) is 4.10. The fourth-order valence-corrected chi connectivity index (χ4v) is 3.55. The van der Waals surface area contributed by atoms with Crippen molar-refractivity contribution in [1.82, 2.24) is 15.0 Å². The van der Waals surface area contributed by atoms with E-state index in [1.165, 1.54) is 17.5 Å². The molecule has 1 fully saturated rings. The van der Waals surface area contributed by atoms with E-state index in [-0.39, 0.29) is 0 Å². The van der Waals surface area contributed by atoms with Crippen LogP contribution < -0.4 is 0 Å². The number of likely N-dealkylation sites (tertiary alicyclic amines) is 1. The Morgan fingerprint density at radius 2 is 2.13 bits per heavy atom. The molecule has 0 aliphatic carbocycles. The molecule has 0 radical (unpaired) electrons. The fourth-order valence-electron chi connectivity index (χ4n) is 3.55. The summed E-state index contributed by atoms with van der Waals surface area (Å²) < 4.78 is 5.43. The number of nitrogens with zero attached hydrogens (tertiary/aromatic N) is 3. The van der Waals surface area contributed by atoms with Crippen LogP contribution in [0, 0.1) is 6.92 Å². The second-order valence-corrected chi connectivity index (χ2v) is 6.78. The monoisotopic (exact) mass is 313 g/mol. The number of benzene rings is 1. The highest BCUT2D eigenvalue weighted by Crippen LogP contribution is 2.33. The lowest BCUT2D eigenvalue weighted by atomic mass is 9.93. The van der Waals surface area contributed by atoms with E-state index >= 15 is 0 Å². The van der Waals surface area contributed by atoms with Crippen LogP contribution in [0.2, 0.25) is 0 Å². The second-order valence-electron chi connectivity index (χ2n) is 6.78. The number of hydrogen-bond donors (Lipinski definition) is 0. The van der Waals surface area contributed by atoms with Gasteiger partial charge in [0.25, 0.3) is 0 Å². The van der Waals surface area contributed by atoms with Crippen molar-refractivity contribution in [2.45, 2.75) is 65.0 Å². The van der Waals surface area contributed by atoms with Gasteiger partial charge >= 0.3 is 0 Å². The molecular formula is C19H27N3O. The maximum Gasteiger partial charge on any atom is 0.240 e. The zero-order chi connectivity index (χ0) is 16.2. The van der Waals surface area contributed by atoms with E-state index in [4.69, 9.17) is 4.52 Å². The van der Waals surface area contributed by atoms with Crippen molar-refractivity contribution in [1.29, 1.82) is 0 Å². The molecule has 2 atom stereocenters. The molecule has 0 spiro atoms. The zero-order valence-corrected chi connectivity index (χ0v) is 14.5. The van der Waals surface area contributed by atoms with Crippen molar-refractivity contribution >= 4 is 0 Å². The lowest BCUT2D eigenvalue weighted by Crippen LogP contribution is -2.26. The average molecular weight is 313 g/mol. The first-order valence-corrected chi connectivity index (χ1v) is 8.78. The van der Waals surface area contributed by atoms with Gasteiger partial charge in [-0.2, -0.15) is 4.98 Å². The van der Waals surface area contributed by atoms with E-state index < -0.39 is 0 Å². The van der Waals surface area contributed by atoms with E-state index in [1.807, 2.05) is 0 Å². The third kappa shape index (κ3) is 3.81. The van der Waals surface area contributed by atoms with Crippen LogP contribution in [0.5, 0.6) is 0 Å². The highest BCUT2D eigenvalue weighted by molar-refractivity contribution is 5.30. The number of aromatic nitrogens is 2. The molecule has 1 saturated heterocycles. The molecule has 1 aromatic heterocycles. The van der Waals surface area contributed by atoms with Gasteiger partial charge in [-0.1, -0.05) is 42.8 Å². The highest BCUT2D eigenvalue weighted by atomic mass is 16.5. The Morgan fingerprint density at radius 3 is 2.91 bits per heavy atom. The largest absolute Gasteiger partial charge is 0.338 e. The molecule has 1 aliphatic rings. The standard InChI is InChI=1S/C19H27N3O/c1-4-5-10-18-20-19(23-21-18)13-22-12-16(11-15(22)3)17-9-7-6-8-14(17)2/h6-9,15-16H,4-5,10-13H2,1-3H3/t15-,16+/m0/s1. The third-order valence-corrected chi connectivity index (χ3v) is 4.93. The van der Waals surface area contributed by atoms with E-state index in [9.17, 15) is 0 Å². The first-order valence-electron chi connectivity index (χ1n) is 8.78. The molecule has 4 heteroatoms. The summed E-state index contributed by atoms with van der Waals surface area (Å²) >= 11 is 0. The summed E-state index contributed by atoms with van der Waals surface area (Å²) in [5.74, 6) is 2.21. The molecule has 0 amide bonds. The van der Waals surface area contributed by atoms with Crippen LogP contribution in [0.1, 0.15) is 61.9 Å². The molecule has 23 heavy (non-hydrogen) atoms. The van der Waals surface area contributed by atoms with Crippen molar-refractivity contribution in [2.75, 3.05) is 6.54 Å². The molecule has 1 aliphatic heterocycles. The lowest BCUT2D eigenvalue weighted by molar-refractivity contribution is 0.220. The molecular weight excluding hydrogens is 286 g/mol. The quantitative estimate of drug-likeness (QED) is 0.805. The molecule has 3 rings (SSSR count). The topological polar surface area (TPSA) is 42.2 Å². The lowest BCUT2D eigenvalue weighted by Gasteiger charge is -2.18. The Labute approximate surface area is 138 Å². The third-order valence-electron chi connectivity index (χ3n) is 4.93. The first-order chi connectivity index (χ1) is 11.2. The van der Waals surface area contributed by atoms with Crippen LogP contribution in [0.4, 0.5) is 0 Å². The Balaban J connectivity index is 1.63. The minimum Gasteiger partial charge on any atom is -0.338 e. The minimum atomic E-state index is 0.547. The fraction of sp³-hybridized carbons (Fsp3) is 0.579. The van der Waals surface area contributed by atoms with Gasteiger partial charge in [0.1, 0.15) is 0 Å². The smallest absolute Gasteiger partial charge is 0.240 e. The number of hydrogen-bond acceptors (Lipinski definition) is 4. The summed E-state index contributed by atoms with van der Waals surface area (Å²) in [5, 5.41) is 4.10. The van der Waals surface area contributed by atoms with Crippen LogP contribution in [-0.4, -0.2) is 27.6 Å². The predicted molar refractivity (Wildman–Crippen MR) is 91.3 cm³/mol. The Bertz CT molecular complexity index is 637. The molecule has 0 bridgehead atoms. The summed E-state index contributed by atoms with van der Waals surface area (Å²) in [5.41, 5.74) is 2.88. The molecule has 1 aromatic carbocycles. The van der Waals surface area contributed by atoms with Crippen molar-refractivity contribution in [2.24, 2.45) is 0 Å². The Kier molecular flexibility index (Phi) is 5.11. The van der Waals surface area contributed by atoms with Gasteiger partial charge < -0.3 is 4.52 Å². The molecule has 0 unspecified atom stereocenters. The summed E-state index contributed by atoms with van der Waals surface area (Å²) in [7, 11) is 0. The van der Waals surface area contributed by atoms with Crippen LogP contribution >= 0.6 is 0 Å². The second kappa shape index (κ2) is 7.26. The van der Waals surface area contributed by atoms with Crippen molar-refractivity contribution in [3.8, 4) is 0 Å². The Morgan fingerprint density at radius 1 is 1.30 bits per heavy atom. The SMILES string of the molecule is CCCCc1noc(CN2C[C@H](c3ccccc3C)C[C@@H]2C)n1. The van der Waals surface area contributed by atoms with Crippen LogP contribution in [0.15, 0.2) is 28.8 Å². The van der Waals surface area contributed by atoms with E-state index in [0.29, 0.717) is 12.0 Å². The van der Waals surface area contributed by atoms with Crippen LogP contribution in [0.25, 0.3) is 0 Å². The van der Waals surface area contributed by atoms with E-state index in [1.54, 1.807) is 0 Å². The van der Waals surface area contributed by atoms with Crippen molar-refractivity contribution in [3.63, 3.8) is 0 Å². The van der Waals surface area contributed by atoms with Gasteiger partial charge in [-0.3, -0.25) is 4.90 Å². The van der Waals surface area contributed by atoms with Crippen LogP contribution in [0.3, 0.4) is 0 Å². The summed E-state index contributed by atoms with van der Waals surface area (Å²) in [6.07, 6.45) is 4.39. The molecule has 4 nitrogen and oxygen atoms in total. The van der Waals surface area contributed by atoms with Gasteiger partial charge in [0.05, 0.1) is 6.54 Å². The van der Waals surface area contributed by atoms with Gasteiger partial charge in [-0.05, 0) is 43.7 Å². The van der Waals surface area contributed by atoms with Crippen molar-refractivity contribution < 1.29 is 4.52 Å². The maximum atomic E-state index is 5.43.